The maximum absolute atomic E-state index is 12.6. The highest BCUT2D eigenvalue weighted by Gasteiger charge is 2.27. The second-order valence-corrected chi connectivity index (χ2v) is 6.60. The third-order valence-corrected chi connectivity index (χ3v) is 4.35. The van der Waals surface area contributed by atoms with E-state index >= 15 is 0 Å². The third kappa shape index (κ3) is 4.97. The third-order valence-electron chi connectivity index (χ3n) is 3.55. The summed E-state index contributed by atoms with van der Waals surface area (Å²) >= 11 is 17.7. The first kappa shape index (κ1) is 20.2. The van der Waals surface area contributed by atoms with E-state index in [-0.39, 0.29) is 11.5 Å². The predicted molar refractivity (Wildman–Crippen MR) is 104 cm³/mol. The second kappa shape index (κ2) is 9.03. The van der Waals surface area contributed by atoms with Gasteiger partial charge in [-0.2, -0.15) is 5.10 Å². The molecule has 2 aromatic rings. The molecule has 0 aliphatic carbocycles. The maximum Gasteiger partial charge on any atom is 0.354 e. The largest absolute Gasteiger partial charge is 0.464 e. The predicted octanol–water partition coefficient (Wildman–Crippen LogP) is 5.11. The average Bonchev–Trinajstić information content (AvgIpc) is 2.62. The quantitative estimate of drug-likeness (QED) is 0.309. The number of rotatable bonds is 6. The van der Waals surface area contributed by atoms with Crippen molar-refractivity contribution in [3.8, 4) is 0 Å². The van der Waals surface area contributed by atoms with E-state index in [2.05, 4.69) is 10.5 Å². The molecule has 0 bridgehead atoms. The Bertz CT molecular complexity index is 851. The van der Waals surface area contributed by atoms with Gasteiger partial charge in [0.05, 0.1) is 23.7 Å². The number of methoxy groups -OCH3 is 1. The molecule has 1 atom stereocenters. The van der Waals surface area contributed by atoms with Gasteiger partial charge in [0.15, 0.2) is 11.5 Å². The zero-order valence-electron chi connectivity index (χ0n) is 13.9. The van der Waals surface area contributed by atoms with Gasteiger partial charge in [-0.25, -0.2) is 4.79 Å². The summed E-state index contributed by atoms with van der Waals surface area (Å²) in [6.45, 7) is 1.57. The van der Waals surface area contributed by atoms with Crippen LogP contribution >= 0.6 is 34.8 Å². The van der Waals surface area contributed by atoms with Gasteiger partial charge in [-0.3, -0.25) is 10.2 Å². The smallest absolute Gasteiger partial charge is 0.354 e. The normalized spacial score (nSPS) is 12.4. The van der Waals surface area contributed by atoms with Crippen LogP contribution in [0.5, 0.6) is 0 Å². The topological polar surface area (TPSA) is 67.8 Å². The summed E-state index contributed by atoms with van der Waals surface area (Å²) in [5, 5.41) is 5.33. The number of benzene rings is 2. The lowest BCUT2D eigenvalue weighted by atomic mass is 9.95. The van der Waals surface area contributed by atoms with Crippen LogP contribution in [0.3, 0.4) is 0 Å². The second-order valence-electron chi connectivity index (χ2n) is 5.32. The number of ketones is 1. The van der Waals surface area contributed by atoms with E-state index in [1.807, 2.05) is 0 Å². The molecule has 0 fully saturated rings. The van der Waals surface area contributed by atoms with E-state index in [9.17, 15) is 9.59 Å². The Hall–Kier alpha value is -2.08. The van der Waals surface area contributed by atoms with E-state index in [1.165, 1.54) is 13.2 Å². The summed E-state index contributed by atoms with van der Waals surface area (Å²) in [5.74, 6) is -1.87. The molecular weight excluding hydrogens is 399 g/mol. The van der Waals surface area contributed by atoms with Gasteiger partial charge >= 0.3 is 5.97 Å². The number of carbonyl (C=O) groups excluding carboxylic acids is 2. The van der Waals surface area contributed by atoms with Crippen LogP contribution in [0.25, 0.3) is 0 Å². The fourth-order valence-electron chi connectivity index (χ4n) is 2.11. The van der Waals surface area contributed by atoms with Crippen LogP contribution < -0.4 is 5.43 Å². The molecular formula is C18H15Cl3N2O3. The van der Waals surface area contributed by atoms with Gasteiger partial charge in [0.1, 0.15) is 0 Å². The average molecular weight is 414 g/mol. The number of halogens is 3. The summed E-state index contributed by atoms with van der Waals surface area (Å²) in [5.41, 5.74) is 3.43. The van der Waals surface area contributed by atoms with Crippen molar-refractivity contribution in [2.24, 2.45) is 11.0 Å². The van der Waals surface area contributed by atoms with Gasteiger partial charge in [-0.05, 0) is 49.4 Å². The molecule has 0 saturated carbocycles. The number of hydrazone groups is 1. The van der Waals surface area contributed by atoms with Crippen LogP contribution in [-0.4, -0.2) is 24.6 Å². The first-order valence-electron chi connectivity index (χ1n) is 7.50. The number of Topliss-reactive ketones (excluding diaryl/α,β-unsaturated/α-hetero) is 1. The first-order chi connectivity index (χ1) is 12.3. The summed E-state index contributed by atoms with van der Waals surface area (Å²) in [6.07, 6.45) is 0. The molecule has 136 valence electrons. The van der Waals surface area contributed by atoms with Gasteiger partial charge < -0.3 is 4.74 Å². The van der Waals surface area contributed by atoms with Gasteiger partial charge in [-0.1, -0.05) is 34.8 Å². The molecule has 0 saturated heterocycles. The number of esters is 1. The lowest BCUT2D eigenvalue weighted by Crippen LogP contribution is -2.30. The molecule has 26 heavy (non-hydrogen) atoms. The number of nitrogens with one attached hydrogen (secondary N) is 1. The number of ether oxygens (including phenoxy) is 1. The van der Waals surface area contributed by atoms with Crippen LogP contribution in [0.4, 0.5) is 5.69 Å². The molecule has 8 heteroatoms. The zero-order chi connectivity index (χ0) is 19.3. The van der Waals surface area contributed by atoms with Crippen LogP contribution in [-0.2, 0) is 9.53 Å². The Morgan fingerprint density at radius 2 is 1.65 bits per heavy atom. The molecule has 0 aliphatic heterocycles. The van der Waals surface area contributed by atoms with E-state index in [0.717, 1.165) is 0 Å². The molecule has 2 aromatic carbocycles. The van der Waals surface area contributed by atoms with Crippen molar-refractivity contribution in [2.75, 3.05) is 12.5 Å². The number of nitrogens with zero attached hydrogens (tertiary/aromatic N) is 1. The van der Waals surface area contributed by atoms with Crippen molar-refractivity contribution in [3.63, 3.8) is 0 Å². The monoisotopic (exact) mass is 412 g/mol. The Morgan fingerprint density at radius 1 is 1.04 bits per heavy atom. The molecule has 0 heterocycles. The lowest BCUT2D eigenvalue weighted by molar-refractivity contribution is -0.133. The van der Waals surface area contributed by atoms with E-state index < -0.39 is 11.9 Å². The lowest BCUT2D eigenvalue weighted by Gasteiger charge is -2.13. The standard InChI is InChI=1S/C18H15Cl3N2O3/c1-10(17(24)11-3-5-12(19)6-4-11)16(18(25)26-2)23-22-15-8-7-13(20)9-14(15)21/h3-10,22H,1-2H3/b23-16-. The van der Waals surface area contributed by atoms with Crippen molar-refractivity contribution in [1.29, 1.82) is 0 Å². The van der Waals surface area contributed by atoms with Crippen LogP contribution in [0.15, 0.2) is 47.6 Å². The Labute approximate surface area is 165 Å². The minimum atomic E-state index is -0.845. The van der Waals surface area contributed by atoms with E-state index in [1.54, 1.807) is 43.3 Å². The molecule has 0 aliphatic rings. The van der Waals surface area contributed by atoms with Crippen molar-refractivity contribution < 1.29 is 14.3 Å². The summed E-state index contributed by atoms with van der Waals surface area (Å²) < 4.78 is 4.74. The fourth-order valence-corrected chi connectivity index (χ4v) is 2.69. The Balaban J connectivity index is 2.29. The first-order valence-corrected chi connectivity index (χ1v) is 8.63. The van der Waals surface area contributed by atoms with Crippen molar-refractivity contribution in [2.45, 2.75) is 6.92 Å². The molecule has 0 spiro atoms. The summed E-state index contributed by atoms with van der Waals surface area (Å²) in [6, 6.07) is 11.1. The van der Waals surface area contributed by atoms with Crippen molar-refractivity contribution in [1.82, 2.24) is 0 Å². The highest BCUT2D eigenvalue weighted by atomic mass is 35.5. The molecule has 0 radical (unpaired) electrons. The van der Waals surface area contributed by atoms with Gasteiger partial charge in [0.2, 0.25) is 0 Å². The Morgan fingerprint density at radius 3 is 2.23 bits per heavy atom. The Kier molecular flexibility index (Phi) is 7.03. The van der Waals surface area contributed by atoms with E-state index in [4.69, 9.17) is 39.5 Å². The number of carbonyl (C=O) groups is 2. The van der Waals surface area contributed by atoms with Crippen molar-refractivity contribution in [3.05, 3.63) is 63.1 Å². The molecule has 1 N–H and O–H groups in total. The summed E-state index contributed by atoms with van der Waals surface area (Å²) in [4.78, 5) is 24.7. The van der Waals surface area contributed by atoms with Crippen LogP contribution in [0.2, 0.25) is 15.1 Å². The molecule has 0 amide bonds. The minimum Gasteiger partial charge on any atom is -0.464 e. The fraction of sp³-hybridized carbons (Fsp3) is 0.167. The van der Waals surface area contributed by atoms with Gasteiger partial charge in [0.25, 0.3) is 0 Å². The molecule has 2 rings (SSSR count). The SMILES string of the molecule is COC(=O)/C(=N\Nc1ccc(Cl)cc1Cl)C(C)C(=O)c1ccc(Cl)cc1. The minimum absolute atomic E-state index is 0.0848. The van der Waals surface area contributed by atoms with E-state index in [0.29, 0.717) is 26.3 Å². The molecule has 5 nitrogen and oxygen atoms in total. The number of anilines is 1. The molecule has 0 aromatic heterocycles. The number of hydrogen-bond acceptors (Lipinski definition) is 5. The van der Waals surface area contributed by atoms with Gasteiger partial charge in [-0.15, -0.1) is 0 Å². The maximum atomic E-state index is 12.6. The summed E-state index contributed by atoms with van der Waals surface area (Å²) in [7, 11) is 1.21. The zero-order valence-corrected chi connectivity index (χ0v) is 16.2. The van der Waals surface area contributed by atoms with Gasteiger partial charge in [0, 0.05) is 15.6 Å². The van der Waals surface area contributed by atoms with Crippen LogP contribution in [0.1, 0.15) is 17.3 Å². The molecule has 1 unspecified atom stereocenters. The van der Waals surface area contributed by atoms with Crippen LogP contribution in [0, 0.1) is 5.92 Å². The highest BCUT2D eigenvalue weighted by Crippen LogP contribution is 2.25. The number of hydrogen-bond donors (Lipinski definition) is 1. The van der Waals surface area contributed by atoms with Crippen molar-refractivity contribution >= 4 is 58.0 Å². The highest BCUT2D eigenvalue weighted by molar-refractivity contribution is 6.42.